The fraction of sp³-hybridized carbons (Fsp3) is 0.333. The van der Waals surface area contributed by atoms with Gasteiger partial charge in [0.25, 0.3) is 0 Å². The lowest BCUT2D eigenvalue weighted by molar-refractivity contribution is 0.371. The Bertz CT molecular complexity index is 542. The summed E-state index contributed by atoms with van der Waals surface area (Å²) in [6.07, 6.45) is 0. The lowest BCUT2D eigenvalue weighted by Crippen LogP contribution is -2.07. The molecule has 2 aromatic rings. The lowest BCUT2D eigenvalue weighted by Gasteiger charge is -2.08. The first-order valence-electron chi connectivity index (χ1n) is 5.58. The van der Waals surface area contributed by atoms with Gasteiger partial charge >= 0.3 is 6.01 Å². The van der Waals surface area contributed by atoms with Crippen LogP contribution in [0.5, 0.6) is 11.8 Å². The molecule has 0 aliphatic heterocycles. The van der Waals surface area contributed by atoms with Crippen LogP contribution >= 0.6 is 27.5 Å². The molecule has 0 spiro atoms. The zero-order valence-electron chi connectivity index (χ0n) is 10.1. The summed E-state index contributed by atoms with van der Waals surface area (Å²) in [5, 5.41) is 4.86. The summed E-state index contributed by atoms with van der Waals surface area (Å²) in [5.41, 5.74) is 0. The number of rotatable bonds is 4. The second-order valence-electron chi connectivity index (χ2n) is 4.30. The van der Waals surface area contributed by atoms with Gasteiger partial charge in [-0.05, 0) is 40.0 Å². The molecule has 0 unspecified atom stereocenters. The summed E-state index contributed by atoms with van der Waals surface area (Å²) in [5.74, 6) is 1.10. The average molecular weight is 331 g/mol. The van der Waals surface area contributed by atoms with Crippen LogP contribution in [0.4, 0.5) is 0 Å². The quantitative estimate of drug-likeness (QED) is 0.845. The fourth-order valence-corrected chi connectivity index (χ4v) is 2.00. The second kappa shape index (κ2) is 5.71. The molecule has 0 saturated carbocycles. The maximum Gasteiger partial charge on any atom is 0.321 e. The molecule has 0 radical (unpaired) electrons. The minimum Gasteiger partial charge on any atom is -0.424 e. The Kier molecular flexibility index (Phi) is 4.24. The van der Waals surface area contributed by atoms with Gasteiger partial charge in [-0.2, -0.15) is 4.98 Å². The molecule has 4 nitrogen and oxygen atoms in total. The van der Waals surface area contributed by atoms with Crippen LogP contribution in [-0.2, 0) is 6.54 Å². The first-order valence-corrected chi connectivity index (χ1v) is 6.75. The molecule has 0 aliphatic rings. The summed E-state index contributed by atoms with van der Waals surface area (Å²) in [6, 6.07) is 7.65. The van der Waals surface area contributed by atoms with E-state index in [1.54, 1.807) is 16.8 Å². The van der Waals surface area contributed by atoms with E-state index in [2.05, 4.69) is 39.9 Å². The van der Waals surface area contributed by atoms with E-state index in [0.717, 1.165) is 6.54 Å². The van der Waals surface area contributed by atoms with Gasteiger partial charge in [0.05, 0.1) is 0 Å². The Morgan fingerprint density at radius 2 is 2.22 bits per heavy atom. The standard InChI is InChI=1S/C12H13BrClN3O/c1-8(2)7-17-12(15-11(13)16-17)18-10-5-3-4-9(14)6-10/h3-6,8H,7H2,1-2H3. The predicted octanol–water partition coefficient (Wildman–Crippen LogP) is 4.14. The third kappa shape index (κ3) is 3.46. The smallest absolute Gasteiger partial charge is 0.321 e. The van der Waals surface area contributed by atoms with Crippen LogP contribution in [0.2, 0.25) is 5.02 Å². The van der Waals surface area contributed by atoms with E-state index in [1.165, 1.54) is 0 Å². The van der Waals surface area contributed by atoms with E-state index in [9.17, 15) is 0 Å². The van der Waals surface area contributed by atoms with Crippen LogP contribution < -0.4 is 4.74 Å². The summed E-state index contributed by atoms with van der Waals surface area (Å²) >= 11 is 9.16. The molecule has 96 valence electrons. The largest absolute Gasteiger partial charge is 0.424 e. The Balaban J connectivity index is 2.23. The molecule has 1 aromatic carbocycles. The SMILES string of the molecule is CC(C)Cn1nc(Br)nc1Oc1cccc(Cl)c1. The van der Waals surface area contributed by atoms with Gasteiger partial charge in [0.15, 0.2) is 0 Å². The molecule has 0 N–H and O–H groups in total. The van der Waals surface area contributed by atoms with E-state index in [4.69, 9.17) is 16.3 Å². The number of ether oxygens (including phenoxy) is 1. The lowest BCUT2D eigenvalue weighted by atomic mass is 10.2. The van der Waals surface area contributed by atoms with Gasteiger partial charge in [-0.25, -0.2) is 4.68 Å². The predicted molar refractivity (Wildman–Crippen MR) is 74.1 cm³/mol. The highest BCUT2D eigenvalue weighted by atomic mass is 79.9. The van der Waals surface area contributed by atoms with Crippen molar-refractivity contribution in [3.63, 3.8) is 0 Å². The van der Waals surface area contributed by atoms with Crippen molar-refractivity contribution in [2.45, 2.75) is 20.4 Å². The van der Waals surface area contributed by atoms with Crippen LogP contribution in [0.25, 0.3) is 0 Å². The molecule has 1 aromatic heterocycles. The Hall–Kier alpha value is -1.07. The third-order valence-corrected chi connectivity index (χ3v) is 2.73. The zero-order chi connectivity index (χ0) is 13.1. The molecule has 0 amide bonds. The van der Waals surface area contributed by atoms with Gasteiger partial charge in [0.2, 0.25) is 4.73 Å². The Morgan fingerprint density at radius 3 is 2.89 bits per heavy atom. The van der Waals surface area contributed by atoms with E-state index >= 15 is 0 Å². The maximum absolute atomic E-state index is 5.91. The average Bonchev–Trinajstić information content (AvgIpc) is 2.58. The van der Waals surface area contributed by atoms with Gasteiger partial charge in [-0.3, -0.25) is 0 Å². The highest BCUT2D eigenvalue weighted by Crippen LogP contribution is 2.24. The first kappa shape index (κ1) is 13.4. The molecule has 0 bridgehead atoms. The van der Waals surface area contributed by atoms with Gasteiger partial charge in [0, 0.05) is 11.6 Å². The zero-order valence-corrected chi connectivity index (χ0v) is 12.4. The van der Waals surface area contributed by atoms with Crippen LogP contribution in [0.15, 0.2) is 29.0 Å². The minimum atomic E-state index is 0.456. The normalized spacial score (nSPS) is 10.9. The summed E-state index contributed by atoms with van der Waals surface area (Å²) in [6.45, 7) is 4.96. The van der Waals surface area contributed by atoms with E-state index in [0.29, 0.717) is 27.4 Å². The van der Waals surface area contributed by atoms with Crippen LogP contribution in [0.1, 0.15) is 13.8 Å². The number of halogens is 2. The van der Waals surface area contributed by atoms with Gasteiger partial charge in [-0.15, -0.1) is 5.10 Å². The van der Waals surface area contributed by atoms with E-state index < -0.39 is 0 Å². The van der Waals surface area contributed by atoms with Crippen molar-refractivity contribution in [3.05, 3.63) is 34.0 Å². The van der Waals surface area contributed by atoms with Crippen molar-refractivity contribution in [3.8, 4) is 11.8 Å². The van der Waals surface area contributed by atoms with Crippen molar-refractivity contribution >= 4 is 27.5 Å². The number of hydrogen-bond acceptors (Lipinski definition) is 3. The van der Waals surface area contributed by atoms with E-state index in [1.807, 2.05) is 12.1 Å². The molecule has 1 heterocycles. The van der Waals surface area contributed by atoms with Crippen LogP contribution in [-0.4, -0.2) is 14.8 Å². The van der Waals surface area contributed by atoms with Crippen LogP contribution in [0.3, 0.4) is 0 Å². The third-order valence-electron chi connectivity index (χ3n) is 2.16. The molecule has 0 fully saturated rings. The number of aromatic nitrogens is 3. The maximum atomic E-state index is 5.91. The molecule has 6 heteroatoms. The topological polar surface area (TPSA) is 39.9 Å². The number of nitrogens with zero attached hydrogens (tertiary/aromatic N) is 3. The highest BCUT2D eigenvalue weighted by Gasteiger charge is 2.12. The summed E-state index contributed by atoms with van der Waals surface area (Å²) < 4.78 is 7.93. The molecule has 0 atom stereocenters. The van der Waals surface area contributed by atoms with E-state index in [-0.39, 0.29) is 0 Å². The van der Waals surface area contributed by atoms with Gasteiger partial charge < -0.3 is 4.74 Å². The van der Waals surface area contributed by atoms with Gasteiger partial charge in [-0.1, -0.05) is 31.5 Å². The van der Waals surface area contributed by atoms with Crippen LogP contribution in [0, 0.1) is 5.92 Å². The fourth-order valence-electron chi connectivity index (χ4n) is 1.48. The monoisotopic (exact) mass is 329 g/mol. The molecule has 0 saturated heterocycles. The minimum absolute atomic E-state index is 0.456. The van der Waals surface area contributed by atoms with Crippen molar-refractivity contribution < 1.29 is 4.74 Å². The van der Waals surface area contributed by atoms with Crippen molar-refractivity contribution in [2.24, 2.45) is 5.92 Å². The first-order chi connectivity index (χ1) is 8.54. The molecular formula is C12H13BrClN3O. The summed E-state index contributed by atoms with van der Waals surface area (Å²) in [4.78, 5) is 4.19. The summed E-state index contributed by atoms with van der Waals surface area (Å²) in [7, 11) is 0. The van der Waals surface area contributed by atoms with Crippen molar-refractivity contribution in [1.29, 1.82) is 0 Å². The highest BCUT2D eigenvalue weighted by molar-refractivity contribution is 9.10. The molecular weight excluding hydrogens is 318 g/mol. The second-order valence-corrected chi connectivity index (χ2v) is 5.44. The molecule has 18 heavy (non-hydrogen) atoms. The molecule has 0 aliphatic carbocycles. The van der Waals surface area contributed by atoms with Crippen molar-refractivity contribution in [1.82, 2.24) is 14.8 Å². The Labute approximate surface area is 119 Å². The van der Waals surface area contributed by atoms with Crippen molar-refractivity contribution in [2.75, 3.05) is 0 Å². The number of hydrogen-bond donors (Lipinski definition) is 0. The molecule has 2 rings (SSSR count). The Morgan fingerprint density at radius 1 is 1.44 bits per heavy atom. The number of benzene rings is 1. The van der Waals surface area contributed by atoms with Gasteiger partial charge in [0.1, 0.15) is 5.75 Å².